The number of hydrogen-bond acceptors (Lipinski definition) is 2. The average molecular weight is 167 g/mol. The third-order valence-corrected chi connectivity index (χ3v) is 0.802. The first-order chi connectivity index (χ1) is 4.02. The average Bonchev–Trinajstić information content (AvgIpc) is 1.65. The van der Waals surface area contributed by atoms with E-state index < -0.39 is 10.1 Å². The molecule has 0 bridgehead atoms. The van der Waals surface area contributed by atoms with Crippen LogP contribution in [-0.2, 0) is 0 Å². The van der Waals surface area contributed by atoms with Gasteiger partial charge in [0.1, 0.15) is 0 Å². The molecule has 2 nitrogen and oxygen atoms in total. The Bertz CT molecular complexity index is 80.4. The summed E-state index contributed by atoms with van der Waals surface area (Å²) in [6, 6.07) is 0. The summed E-state index contributed by atoms with van der Waals surface area (Å²) in [5.41, 5.74) is 0. The van der Waals surface area contributed by atoms with E-state index in [0.29, 0.717) is 0 Å². The molecule has 0 aromatic rings. The molecule has 0 unspecified atom stereocenters. The Balaban J connectivity index is 3.79. The van der Waals surface area contributed by atoms with Gasteiger partial charge in [-0.1, -0.05) is 34.8 Å². The molecule has 0 aliphatic rings. The number of hydrogen-bond donors (Lipinski definition) is 2. The van der Waals surface area contributed by atoms with Crippen molar-refractivity contribution in [1.82, 2.24) is 0 Å². The van der Waals surface area contributed by atoms with Crippen LogP contribution in [0.5, 0.6) is 0 Å². The molecule has 0 radical (unpaired) electrons. The lowest BCUT2D eigenvalue weighted by molar-refractivity contribution is -0.0355. The van der Waals surface area contributed by atoms with Gasteiger partial charge in [-0.15, -0.1) is 0 Å². The second kappa shape index (κ2) is 2.37. The van der Waals surface area contributed by atoms with Crippen molar-refractivity contribution in [1.29, 1.82) is 2.86 Å². The number of aliphatic hydroxyl groups excluding tert-OH is 1. The quantitative estimate of drug-likeness (QED) is 0.469. The molecule has 7 heavy (non-hydrogen) atoms. The van der Waals surface area contributed by atoms with E-state index in [1.165, 1.54) is 0 Å². The van der Waals surface area contributed by atoms with Crippen molar-refractivity contribution >= 4 is 34.8 Å². The summed E-state index contributed by atoms with van der Waals surface area (Å²) in [6.45, 7) is 0. The molecule has 0 heterocycles. The van der Waals surface area contributed by atoms with Crippen LogP contribution in [0.25, 0.3) is 0 Å². The van der Waals surface area contributed by atoms with Gasteiger partial charge >= 0.3 is 0 Å². The van der Waals surface area contributed by atoms with Crippen LogP contribution < -0.4 is 0 Å². The highest BCUT2D eigenvalue weighted by molar-refractivity contribution is 6.67. The van der Waals surface area contributed by atoms with Gasteiger partial charge < -0.3 is 10.2 Å². The number of aliphatic hydroxyl groups is 2. The van der Waals surface area contributed by atoms with Gasteiger partial charge in [0.25, 0.3) is 0 Å². The van der Waals surface area contributed by atoms with Crippen molar-refractivity contribution in [2.45, 2.75) is 10.1 Å². The third-order valence-electron chi connectivity index (χ3n) is 0.267. The molecule has 0 saturated carbocycles. The van der Waals surface area contributed by atoms with Crippen LogP contribution >= 0.6 is 34.8 Å². The maximum Gasteiger partial charge on any atom is 0.240 e. The fourth-order valence-corrected chi connectivity index (χ4v) is 0. The minimum atomic E-state index is -1.89. The molecule has 0 saturated heterocycles. The highest BCUT2D eigenvalue weighted by Crippen LogP contribution is 2.28. The predicted octanol–water partition coefficient (Wildman–Crippen LogP) is 0.667. The molecule has 0 spiro atoms. The van der Waals surface area contributed by atoms with E-state index in [4.69, 9.17) is 37.7 Å². The maximum absolute atomic E-state index is 6.22. The van der Waals surface area contributed by atoms with Crippen LogP contribution in [0.3, 0.4) is 0 Å². The third kappa shape index (κ3) is 3.38. The van der Waals surface area contributed by atoms with Crippen LogP contribution in [0, 0.1) is 0 Å². The second-order valence-corrected chi connectivity index (χ2v) is 3.24. The van der Waals surface area contributed by atoms with Crippen molar-refractivity contribution in [2.24, 2.45) is 0 Å². The van der Waals surface area contributed by atoms with Gasteiger partial charge in [-0.3, -0.25) is 0 Å². The van der Waals surface area contributed by atoms with E-state index in [2.05, 4.69) is 10.2 Å². The topological polar surface area (TPSA) is 40.5 Å². The van der Waals surface area contributed by atoms with Crippen LogP contribution in [0.1, 0.15) is 0 Å². The Hall–Kier alpha value is 0.790. The maximum atomic E-state index is 6.22. The lowest BCUT2D eigenvalue weighted by Crippen LogP contribution is -2.23. The van der Waals surface area contributed by atoms with Gasteiger partial charge in [-0.05, 0) is 0 Å². The largest absolute Gasteiger partial charge is 0.365 e. The zero-order valence-corrected chi connectivity index (χ0v) is 5.30. The summed E-state index contributed by atoms with van der Waals surface area (Å²) in [5.74, 6) is 0. The second-order valence-electron chi connectivity index (χ2n) is 0.874. The summed E-state index contributed by atoms with van der Waals surface area (Å²) < 4.78 is 10.5. The van der Waals surface area contributed by atoms with Crippen LogP contribution in [-0.4, -0.2) is 23.2 Å². The lowest BCUT2D eigenvalue weighted by atomic mass is 10.8. The Morgan fingerprint density at radius 3 is 1.86 bits per heavy atom. The zero-order chi connectivity index (χ0) is 7.49. The van der Waals surface area contributed by atoms with Crippen molar-refractivity contribution < 1.29 is 10.2 Å². The molecule has 0 aromatic heterocycles. The van der Waals surface area contributed by atoms with Gasteiger partial charge in [0.05, 0.1) is 0 Å². The highest BCUT2D eigenvalue weighted by atomic mass is 35.6. The van der Waals surface area contributed by atoms with E-state index in [9.17, 15) is 0 Å². The predicted molar refractivity (Wildman–Crippen MR) is 28.5 cm³/mol. The van der Waals surface area contributed by atoms with Crippen molar-refractivity contribution in [3.8, 4) is 0 Å². The zero-order valence-electron chi connectivity index (χ0n) is 5.03. The fraction of sp³-hybridized carbons (Fsp3) is 1.00. The molecule has 44 valence electrons. The number of halogens is 3. The first kappa shape index (κ1) is 4.65. The van der Waals surface area contributed by atoms with Gasteiger partial charge in [-0.25, -0.2) is 0 Å². The normalized spacial score (nSPS) is 16.6. The van der Waals surface area contributed by atoms with Gasteiger partial charge in [0, 0.05) is 0 Å². The minimum Gasteiger partial charge on any atom is -0.365 e. The summed E-state index contributed by atoms with van der Waals surface area (Å²) in [6.07, 6.45) is -1.47. The van der Waals surface area contributed by atoms with E-state index in [1.54, 1.807) is 0 Å². The Kier molecular flexibility index (Phi) is 1.58. The van der Waals surface area contributed by atoms with Gasteiger partial charge in [0.2, 0.25) is 6.65 Å². The highest BCUT2D eigenvalue weighted by Gasteiger charge is 2.28. The Morgan fingerprint density at radius 2 is 1.86 bits per heavy atom. The van der Waals surface area contributed by atoms with Crippen molar-refractivity contribution in [2.75, 3.05) is 0 Å². The molecule has 0 aromatic carbocycles. The van der Waals surface area contributed by atoms with E-state index in [0.717, 1.165) is 0 Å². The van der Waals surface area contributed by atoms with E-state index in [1.807, 2.05) is 0 Å². The molecule has 0 aliphatic carbocycles. The number of alkyl halides is 3. The molecule has 0 rings (SSSR count). The SMILES string of the molecule is [2H]OC(O[2H])C(Cl)(Cl)Cl. The van der Waals surface area contributed by atoms with E-state index in [-0.39, 0.29) is 0 Å². The van der Waals surface area contributed by atoms with E-state index >= 15 is 0 Å². The molecule has 5 heteroatoms. The standard InChI is InChI=1S/C2H3Cl3O2/c3-2(4,5)1(6)7/h1,6-7H/i6D,7D. The Labute approximate surface area is 58.6 Å². The summed E-state index contributed by atoms with van der Waals surface area (Å²) in [7, 11) is 0. The summed E-state index contributed by atoms with van der Waals surface area (Å²) >= 11 is 15.4. The molecule has 2 N–H and O–H groups in total. The first-order valence-corrected chi connectivity index (χ1v) is 2.46. The first-order valence-electron chi connectivity index (χ1n) is 2.14. The monoisotopic (exact) mass is 166 g/mol. The smallest absolute Gasteiger partial charge is 0.240 e. The molecule has 0 atom stereocenters. The van der Waals surface area contributed by atoms with Crippen LogP contribution in [0.2, 0.25) is 0 Å². The fourth-order valence-electron chi connectivity index (χ4n) is 0. The van der Waals surface area contributed by atoms with Crippen LogP contribution in [0.15, 0.2) is 0 Å². The molecular weight excluding hydrogens is 162 g/mol. The molecule has 0 fully saturated rings. The summed E-state index contributed by atoms with van der Waals surface area (Å²) in [5, 5.41) is 7.42. The molecule has 0 aliphatic heterocycles. The lowest BCUT2D eigenvalue weighted by Gasteiger charge is -2.10. The van der Waals surface area contributed by atoms with Gasteiger partial charge in [0.15, 0.2) is 6.29 Å². The number of rotatable bonds is 2. The molecular formula is C2H3Cl3O2. The van der Waals surface area contributed by atoms with Crippen molar-refractivity contribution in [3.05, 3.63) is 0 Å². The summed E-state index contributed by atoms with van der Waals surface area (Å²) in [4.78, 5) is 0. The Morgan fingerprint density at radius 1 is 1.43 bits per heavy atom. The van der Waals surface area contributed by atoms with Crippen LogP contribution in [0.4, 0.5) is 0 Å². The minimum absolute atomic E-state index is 1.47. The van der Waals surface area contributed by atoms with Crippen molar-refractivity contribution in [3.63, 3.8) is 0 Å². The molecule has 0 amide bonds. The van der Waals surface area contributed by atoms with Gasteiger partial charge in [-0.2, -0.15) is 0 Å².